The van der Waals surface area contributed by atoms with Gasteiger partial charge in [-0.05, 0) is 45.4 Å². The number of alkyl halides is 3. The lowest BCUT2D eigenvalue weighted by molar-refractivity contribution is -0.274. The smallest absolute Gasteiger partial charge is 0.406 e. The van der Waals surface area contributed by atoms with E-state index < -0.39 is 6.36 Å². The van der Waals surface area contributed by atoms with Gasteiger partial charge >= 0.3 is 6.36 Å². The zero-order chi connectivity index (χ0) is 17.0. The molecule has 1 atom stereocenters. The van der Waals surface area contributed by atoms with Gasteiger partial charge in [-0.25, -0.2) is 0 Å². The third kappa shape index (κ3) is 7.59. The first-order valence-electron chi connectivity index (χ1n) is 6.74. The van der Waals surface area contributed by atoms with Crippen molar-refractivity contribution in [2.24, 2.45) is 0 Å². The SMILES string of the molecule is CC(SCc1ccc(OC(F)(F)F)cc1)C(=O)NC(C)(C)C. The molecule has 1 unspecified atom stereocenters. The minimum atomic E-state index is -4.68. The Hall–Kier alpha value is -1.37. The molecule has 124 valence electrons. The van der Waals surface area contributed by atoms with E-state index in [4.69, 9.17) is 0 Å². The van der Waals surface area contributed by atoms with Gasteiger partial charge in [0.1, 0.15) is 5.75 Å². The highest BCUT2D eigenvalue weighted by Gasteiger charge is 2.30. The van der Waals surface area contributed by atoms with Crippen molar-refractivity contribution < 1.29 is 22.7 Å². The van der Waals surface area contributed by atoms with Crippen molar-refractivity contribution in [2.75, 3.05) is 0 Å². The molecule has 0 aliphatic rings. The molecule has 1 aromatic carbocycles. The van der Waals surface area contributed by atoms with Crippen molar-refractivity contribution in [1.82, 2.24) is 5.32 Å². The highest BCUT2D eigenvalue weighted by atomic mass is 32.2. The van der Waals surface area contributed by atoms with Crippen molar-refractivity contribution >= 4 is 17.7 Å². The number of ether oxygens (including phenoxy) is 1. The molecule has 0 bridgehead atoms. The Kier molecular flexibility index (Phi) is 6.17. The average Bonchev–Trinajstić information content (AvgIpc) is 2.33. The predicted octanol–water partition coefficient (Wildman–Crippen LogP) is 4.12. The maximum absolute atomic E-state index is 12.0. The number of hydrogen-bond donors (Lipinski definition) is 1. The first-order valence-corrected chi connectivity index (χ1v) is 7.79. The van der Waals surface area contributed by atoms with E-state index in [1.165, 1.54) is 23.9 Å². The average molecular weight is 335 g/mol. The van der Waals surface area contributed by atoms with Gasteiger partial charge in [0.05, 0.1) is 5.25 Å². The maximum atomic E-state index is 12.0. The lowest BCUT2D eigenvalue weighted by Crippen LogP contribution is -2.44. The van der Waals surface area contributed by atoms with Gasteiger partial charge < -0.3 is 10.1 Å². The number of amides is 1. The number of thioether (sulfide) groups is 1. The van der Waals surface area contributed by atoms with Crippen LogP contribution in [0.3, 0.4) is 0 Å². The van der Waals surface area contributed by atoms with E-state index in [0.717, 1.165) is 5.56 Å². The Bertz CT molecular complexity index is 495. The molecule has 1 N–H and O–H groups in total. The zero-order valence-corrected chi connectivity index (χ0v) is 13.8. The van der Waals surface area contributed by atoms with Crippen molar-refractivity contribution in [3.05, 3.63) is 29.8 Å². The van der Waals surface area contributed by atoms with E-state index in [0.29, 0.717) is 5.75 Å². The van der Waals surface area contributed by atoms with Crippen molar-refractivity contribution in [2.45, 2.75) is 50.6 Å². The maximum Gasteiger partial charge on any atom is 0.573 e. The molecular weight excluding hydrogens is 315 g/mol. The molecule has 0 radical (unpaired) electrons. The summed E-state index contributed by atoms with van der Waals surface area (Å²) in [6.07, 6.45) is -4.68. The number of hydrogen-bond acceptors (Lipinski definition) is 3. The first-order chi connectivity index (χ1) is 9.96. The van der Waals surface area contributed by atoms with Gasteiger partial charge in [-0.2, -0.15) is 0 Å². The normalized spacial score (nSPS) is 13.6. The standard InChI is InChI=1S/C15H20F3NO2S/c1-10(13(20)19-14(2,3)4)22-9-11-5-7-12(8-6-11)21-15(16,17)18/h5-8,10H,9H2,1-4H3,(H,19,20). The Morgan fingerprint density at radius 2 is 1.77 bits per heavy atom. The molecule has 0 spiro atoms. The monoisotopic (exact) mass is 335 g/mol. The van der Waals surface area contributed by atoms with E-state index >= 15 is 0 Å². The summed E-state index contributed by atoms with van der Waals surface area (Å²) in [5, 5.41) is 2.64. The molecule has 0 aliphatic heterocycles. The third-order valence-electron chi connectivity index (χ3n) is 2.52. The molecule has 0 aromatic heterocycles. The van der Waals surface area contributed by atoms with Crippen LogP contribution in [0.2, 0.25) is 0 Å². The fourth-order valence-electron chi connectivity index (χ4n) is 1.56. The van der Waals surface area contributed by atoms with Crippen LogP contribution in [0.25, 0.3) is 0 Å². The van der Waals surface area contributed by atoms with Crippen LogP contribution in [0.15, 0.2) is 24.3 Å². The van der Waals surface area contributed by atoms with Crippen molar-refractivity contribution in [3.8, 4) is 5.75 Å². The van der Waals surface area contributed by atoms with Crippen molar-refractivity contribution in [3.63, 3.8) is 0 Å². The van der Waals surface area contributed by atoms with Gasteiger partial charge in [0, 0.05) is 11.3 Å². The van der Waals surface area contributed by atoms with Gasteiger partial charge in [-0.1, -0.05) is 12.1 Å². The summed E-state index contributed by atoms with van der Waals surface area (Å²) >= 11 is 1.42. The summed E-state index contributed by atoms with van der Waals surface area (Å²) in [5.41, 5.74) is 0.539. The molecule has 0 saturated heterocycles. The second-order valence-corrected chi connectivity index (χ2v) is 7.21. The van der Waals surface area contributed by atoms with Crippen LogP contribution in [-0.4, -0.2) is 23.1 Å². The molecular formula is C15H20F3NO2S. The van der Waals surface area contributed by atoms with E-state index in [-0.39, 0.29) is 22.4 Å². The molecule has 3 nitrogen and oxygen atoms in total. The number of rotatable bonds is 5. The van der Waals surface area contributed by atoms with E-state index in [2.05, 4.69) is 10.1 Å². The Labute approximate surface area is 132 Å². The number of nitrogens with one attached hydrogen (secondary N) is 1. The van der Waals surface area contributed by atoms with Gasteiger partial charge in [0.25, 0.3) is 0 Å². The van der Waals surface area contributed by atoms with Gasteiger partial charge in [-0.15, -0.1) is 24.9 Å². The van der Waals surface area contributed by atoms with Crippen LogP contribution >= 0.6 is 11.8 Å². The van der Waals surface area contributed by atoms with Crippen LogP contribution in [0.4, 0.5) is 13.2 Å². The fourth-order valence-corrected chi connectivity index (χ4v) is 2.40. The van der Waals surface area contributed by atoms with Crippen LogP contribution in [-0.2, 0) is 10.5 Å². The number of carbonyl (C=O) groups is 1. The van der Waals surface area contributed by atoms with Crippen LogP contribution in [0, 0.1) is 0 Å². The highest BCUT2D eigenvalue weighted by molar-refractivity contribution is 7.99. The van der Waals surface area contributed by atoms with E-state index in [1.54, 1.807) is 19.1 Å². The molecule has 0 fully saturated rings. The molecule has 1 amide bonds. The first kappa shape index (κ1) is 18.7. The summed E-state index contributed by atoms with van der Waals surface area (Å²) in [4.78, 5) is 11.9. The quantitative estimate of drug-likeness (QED) is 0.879. The minimum absolute atomic E-state index is 0.0606. The summed E-state index contributed by atoms with van der Waals surface area (Å²) in [7, 11) is 0. The molecule has 7 heteroatoms. The molecule has 0 heterocycles. The topological polar surface area (TPSA) is 38.3 Å². The van der Waals surface area contributed by atoms with Crippen LogP contribution < -0.4 is 10.1 Å². The molecule has 1 rings (SSSR count). The number of halogens is 3. The van der Waals surface area contributed by atoms with Gasteiger partial charge in [-0.3, -0.25) is 4.79 Å². The van der Waals surface area contributed by atoms with Crippen LogP contribution in [0.5, 0.6) is 5.75 Å². The van der Waals surface area contributed by atoms with Crippen LogP contribution in [0.1, 0.15) is 33.3 Å². The largest absolute Gasteiger partial charge is 0.573 e. The second-order valence-electron chi connectivity index (χ2n) is 5.88. The van der Waals surface area contributed by atoms with Crippen molar-refractivity contribution in [1.29, 1.82) is 0 Å². The predicted molar refractivity (Wildman–Crippen MR) is 81.8 cm³/mol. The summed E-state index contributed by atoms with van der Waals surface area (Å²) in [6, 6.07) is 5.65. The molecule has 22 heavy (non-hydrogen) atoms. The highest BCUT2D eigenvalue weighted by Crippen LogP contribution is 2.25. The van der Waals surface area contributed by atoms with E-state index in [9.17, 15) is 18.0 Å². The fraction of sp³-hybridized carbons (Fsp3) is 0.533. The molecule has 1 aromatic rings. The molecule has 0 aliphatic carbocycles. The second kappa shape index (κ2) is 7.26. The lowest BCUT2D eigenvalue weighted by Gasteiger charge is -2.23. The van der Waals surface area contributed by atoms with Gasteiger partial charge in [0.2, 0.25) is 5.91 Å². The zero-order valence-electron chi connectivity index (χ0n) is 13.0. The Morgan fingerprint density at radius 1 is 1.23 bits per heavy atom. The molecule has 0 saturated carbocycles. The minimum Gasteiger partial charge on any atom is -0.406 e. The number of carbonyl (C=O) groups excluding carboxylic acids is 1. The Balaban J connectivity index is 2.49. The third-order valence-corrected chi connectivity index (χ3v) is 3.74. The van der Waals surface area contributed by atoms with E-state index in [1.807, 2.05) is 20.8 Å². The summed E-state index contributed by atoms with van der Waals surface area (Å²) in [6.45, 7) is 7.51. The van der Waals surface area contributed by atoms with Gasteiger partial charge in [0.15, 0.2) is 0 Å². The Morgan fingerprint density at radius 3 is 2.23 bits per heavy atom. The number of benzene rings is 1. The summed E-state index contributed by atoms with van der Waals surface area (Å²) in [5.74, 6) is 0.222. The lowest BCUT2D eigenvalue weighted by atomic mass is 10.1. The summed E-state index contributed by atoms with van der Waals surface area (Å²) < 4.78 is 40.0.